The number of hydrogen-bond acceptors (Lipinski definition) is 4. The number of carbonyl (C=O) groups is 1. The van der Waals surface area contributed by atoms with Crippen molar-refractivity contribution in [2.75, 3.05) is 26.2 Å². The molecule has 4 heterocycles. The van der Waals surface area contributed by atoms with E-state index in [1.807, 2.05) is 38.1 Å². The van der Waals surface area contributed by atoms with E-state index >= 15 is 4.39 Å². The Kier molecular flexibility index (Phi) is 5.81. The van der Waals surface area contributed by atoms with Crippen LogP contribution in [0.1, 0.15) is 50.8 Å². The number of alkyl carbamates (subject to hydrolysis) is 1. The molecule has 0 aliphatic carbocycles. The van der Waals surface area contributed by atoms with Gasteiger partial charge >= 0.3 is 6.09 Å². The number of halogens is 1. The van der Waals surface area contributed by atoms with Crippen molar-refractivity contribution in [3.8, 4) is 16.9 Å². The Morgan fingerprint density at radius 1 is 1.21 bits per heavy atom. The molecule has 1 N–H and O–H groups in total. The zero-order chi connectivity index (χ0) is 23.2. The highest BCUT2D eigenvalue weighted by Gasteiger charge is 2.41. The second-order valence-electron chi connectivity index (χ2n) is 10.4. The summed E-state index contributed by atoms with van der Waals surface area (Å²) in [6.45, 7) is 9.55. The van der Waals surface area contributed by atoms with E-state index in [1.54, 1.807) is 6.07 Å². The smallest absolute Gasteiger partial charge is 0.407 e. The first-order valence-corrected chi connectivity index (χ1v) is 12.1. The first-order chi connectivity index (χ1) is 15.8. The number of rotatable bonds is 4. The molecule has 6 rings (SSSR count). The van der Waals surface area contributed by atoms with Gasteiger partial charge in [-0.3, -0.25) is 4.90 Å². The van der Waals surface area contributed by atoms with Gasteiger partial charge in [0.15, 0.2) is 0 Å². The molecule has 3 saturated heterocycles. The van der Waals surface area contributed by atoms with E-state index in [0.29, 0.717) is 29.4 Å². The van der Waals surface area contributed by atoms with E-state index < -0.39 is 17.6 Å². The van der Waals surface area contributed by atoms with Crippen LogP contribution in [0.4, 0.5) is 9.18 Å². The average molecular weight is 453 g/mol. The van der Waals surface area contributed by atoms with E-state index in [9.17, 15) is 4.79 Å². The predicted molar refractivity (Wildman–Crippen MR) is 126 cm³/mol. The molecule has 2 aromatic rings. The van der Waals surface area contributed by atoms with Crippen LogP contribution in [-0.2, 0) is 11.2 Å². The van der Waals surface area contributed by atoms with Gasteiger partial charge in [-0.2, -0.15) is 0 Å². The number of nitrogens with zero attached hydrogens (tertiary/aromatic N) is 1. The molecule has 0 radical (unpaired) electrons. The number of benzene rings is 2. The molecule has 6 heteroatoms. The largest absolute Gasteiger partial charge is 0.493 e. The molecule has 3 fully saturated rings. The monoisotopic (exact) mass is 452 g/mol. The van der Waals surface area contributed by atoms with E-state index in [4.69, 9.17) is 9.47 Å². The number of piperidine rings is 3. The molecule has 0 saturated carbocycles. The summed E-state index contributed by atoms with van der Waals surface area (Å²) in [4.78, 5) is 15.3. The third-order valence-corrected chi connectivity index (χ3v) is 7.58. The molecule has 176 valence electrons. The van der Waals surface area contributed by atoms with Crippen LogP contribution in [0.5, 0.6) is 5.75 Å². The summed E-state index contributed by atoms with van der Waals surface area (Å²) in [5.74, 6) is 0.727. The van der Waals surface area contributed by atoms with Crippen LogP contribution in [0.2, 0.25) is 0 Å². The standard InChI is InChI=1S/C27H33FN2O3/c1-4-17-5-7-18(8-6-17)20-14-23-21(13-22(20)28)25(27(2,3)16-32-23)29-26(31)33-24-15-30-11-9-19(24)10-12-30/h5-8,13-14,19,24-25H,4,9-12,15-16H2,1-3H3,(H,29,31)/t24-,25?/m0/s1. The van der Waals surface area contributed by atoms with Gasteiger partial charge in [-0.1, -0.05) is 45.0 Å². The third-order valence-electron chi connectivity index (χ3n) is 7.58. The van der Waals surface area contributed by atoms with E-state index in [-0.39, 0.29) is 11.9 Å². The fourth-order valence-electron chi connectivity index (χ4n) is 5.44. The minimum atomic E-state index is -0.431. The lowest BCUT2D eigenvalue weighted by molar-refractivity contribution is -0.0361. The predicted octanol–water partition coefficient (Wildman–Crippen LogP) is 5.34. The average Bonchev–Trinajstić information content (AvgIpc) is 2.82. The van der Waals surface area contributed by atoms with Crippen LogP contribution >= 0.6 is 0 Å². The Bertz CT molecular complexity index is 1030. The number of amides is 1. The lowest BCUT2D eigenvalue weighted by atomic mass is 9.78. The Hall–Kier alpha value is -2.60. The van der Waals surface area contributed by atoms with Crippen molar-refractivity contribution in [3.05, 3.63) is 53.3 Å². The minimum absolute atomic E-state index is 0.0693. The molecule has 2 bridgehead atoms. The molecule has 1 amide bonds. The molecule has 1 unspecified atom stereocenters. The first-order valence-electron chi connectivity index (χ1n) is 12.1. The van der Waals surface area contributed by atoms with Gasteiger partial charge in [0.2, 0.25) is 0 Å². The maximum atomic E-state index is 15.3. The van der Waals surface area contributed by atoms with Gasteiger partial charge in [-0.15, -0.1) is 0 Å². The van der Waals surface area contributed by atoms with Crippen LogP contribution in [0, 0.1) is 17.2 Å². The SMILES string of the molecule is CCc1ccc(-c2cc3c(cc2F)C(NC(=O)O[C@H]2CN4CCC2CC4)C(C)(C)CO3)cc1. The topological polar surface area (TPSA) is 50.8 Å². The van der Waals surface area contributed by atoms with Crippen molar-refractivity contribution in [1.29, 1.82) is 0 Å². The molecule has 0 aromatic heterocycles. The lowest BCUT2D eigenvalue weighted by Gasteiger charge is -2.44. The normalized spacial score (nSPS) is 27.4. The summed E-state index contributed by atoms with van der Waals surface area (Å²) in [5.41, 5.74) is 2.78. The van der Waals surface area contributed by atoms with Crippen LogP contribution in [-0.4, -0.2) is 43.3 Å². The van der Waals surface area contributed by atoms with Crippen molar-refractivity contribution in [1.82, 2.24) is 10.2 Å². The van der Waals surface area contributed by atoms with Crippen molar-refractivity contribution < 1.29 is 18.7 Å². The fourth-order valence-corrected chi connectivity index (χ4v) is 5.44. The second-order valence-corrected chi connectivity index (χ2v) is 10.4. The zero-order valence-electron chi connectivity index (χ0n) is 19.7. The van der Waals surface area contributed by atoms with Crippen LogP contribution in [0.25, 0.3) is 11.1 Å². The quantitative estimate of drug-likeness (QED) is 0.681. The minimum Gasteiger partial charge on any atom is -0.493 e. The summed E-state index contributed by atoms with van der Waals surface area (Å²) in [6.07, 6.45) is 2.60. The Morgan fingerprint density at radius 3 is 2.58 bits per heavy atom. The summed E-state index contributed by atoms with van der Waals surface area (Å²) in [7, 11) is 0. The van der Waals surface area contributed by atoms with Gasteiger partial charge in [0.05, 0.1) is 12.6 Å². The van der Waals surface area contributed by atoms with E-state index in [0.717, 1.165) is 44.5 Å². The van der Waals surface area contributed by atoms with Crippen molar-refractivity contribution in [3.63, 3.8) is 0 Å². The van der Waals surface area contributed by atoms with E-state index in [2.05, 4.69) is 17.1 Å². The third kappa shape index (κ3) is 4.33. The first kappa shape index (κ1) is 22.2. The highest BCUT2D eigenvalue weighted by molar-refractivity contribution is 5.71. The Morgan fingerprint density at radius 2 is 1.94 bits per heavy atom. The van der Waals surface area contributed by atoms with Gasteiger partial charge in [0.25, 0.3) is 0 Å². The maximum absolute atomic E-state index is 15.3. The lowest BCUT2D eigenvalue weighted by Crippen LogP contribution is -2.53. The Balaban J connectivity index is 1.38. The van der Waals surface area contributed by atoms with Gasteiger partial charge in [-0.05, 0) is 61.5 Å². The van der Waals surface area contributed by atoms with Crippen LogP contribution in [0.3, 0.4) is 0 Å². The number of carbonyl (C=O) groups excluding carboxylic acids is 1. The van der Waals surface area contributed by atoms with Crippen molar-refractivity contribution in [2.45, 2.75) is 52.2 Å². The fraction of sp³-hybridized carbons (Fsp3) is 0.519. The highest BCUT2D eigenvalue weighted by atomic mass is 19.1. The van der Waals surface area contributed by atoms with Gasteiger partial charge in [-0.25, -0.2) is 9.18 Å². The number of fused-ring (bicyclic) bond motifs is 4. The zero-order valence-corrected chi connectivity index (χ0v) is 19.7. The highest BCUT2D eigenvalue weighted by Crippen LogP contribution is 2.45. The number of nitrogens with one attached hydrogen (secondary N) is 1. The van der Waals surface area contributed by atoms with Crippen molar-refractivity contribution >= 4 is 6.09 Å². The van der Waals surface area contributed by atoms with Gasteiger partial charge in [0.1, 0.15) is 17.7 Å². The summed E-state index contributed by atoms with van der Waals surface area (Å²) in [6, 6.07) is 10.8. The van der Waals surface area contributed by atoms with Gasteiger partial charge < -0.3 is 14.8 Å². The maximum Gasteiger partial charge on any atom is 0.407 e. The molecule has 2 aromatic carbocycles. The van der Waals surface area contributed by atoms with Gasteiger partial charge in [0, 0.05) is 23.1 Å². The summed E-state index contributed by atoms with van der Waals surface area (Å²) < 4.78 is 27.2. The van der Waals surface area contributed by atoms with Crippen molar-refractivity contribution in [2.24, 2.45) is 11.3 Å². The molecule has 4 aliphatic heterocycles. The number of hydrogen-bond donors (Lipinski definition) is 1. The Labute approximate surface area is 195 Å². The molecular formula is C27H33FN2O3. The number of aryl methyl sites for hydroxylation is 1. The van der Waals surface area contributed by atoms with Crippen LogP contribution < -0.4 is 10.1 Å². The number of ether oxygens (including phenoxy) is 2. The molecule has 33 heavy (non-hydrogen) atoms. The molecule has 0 spiro atoms. The molecular weight excluding hydrogens is 419 g/mol. The van der Waals surface area contributed by atoms with E-state index in [1.165, 1.54) is 11.6 Å². The molecule has 2 atom stereocenters. The summed E-state index contributed by atoms with van der Waals surface area (Å²) >= 11 is 0. The van der Waals surface area contributed by atoms with Crippen LogP contribution in [0.15, 0.2) is 36.4 Å². The second kappa shape index (κ2) is 8.64. The summed E-state index contributed by atoms with van der Waals surface area (Å²) in [5, 5.41) is 3.05. The molecule has 4 aliphatic rings. The molecule has 5 nitrogen and oxygen atoms in total.